The van der Waals surface area contributed by atoms with Gasteiger partial charge >= 0.3 is 0 Å². The van der Waals surface area contributed by atoms with Crippen molar-refractivity contribution in [3.63, 3.8) is 0 Å². The van der Waals surface area contributed by atoms with E-state index in [1.54, 1.807) is 6.07 Å². The minimum Gasteiger partial charge on any atom is -0.354 e. The molecule has 4 aromatic carbocycles. The number of hydrogen-bond acceptors (Lipinski definition) is 1. The summed E-state index contributed by atoms with van der Waals surface area (Å²) < 4.78 is 44.7. The van der Waals surface area contributed by atoms with Crippen LogP contribution in [0, 0.1) is 6.92 Å². The first-order valence-corrected chi connectivity index (χ1v) is 14.1. The van der Waals surface area contributed by atoms with Gasteiger partial charge in [0.1, 0.15) is 0 Å². The van der Waals surface area contributed by atoms with Crippen molar-refractivity contribution in [2.75, 3.05) is 4.72 Å². The molecule has 1 atom stereocenters. The maximum absolute atomic E-state index is 13.9. The van der Waals surface area contributed by atoms with Gasteiger partial charge < -0.3 is 9.71 Å². The van der Waals surface area contributed by atoms with Gasteiger partial charge in [-0.15, -0.1) is 0 Å². The summed E-state index contributed by atoms with van der Waals surface area (Å²) in [5, 5.41) is 3.90. The van der Waals surface area contributed by atoms with E-state index in [9.17, 15) is 13.0 Å². The Morgan fingerprint density at radius 3 is 2.35 bits per heavy atom. The van der Waals surface area contributed by atoms with E-state index in [2.05, 4.69) is 40.7 Å². The van der Waals surface area contributed by atoms with Crippen molar-refractivity contribution in [3.05, 3.63) is 89.5 Å². The second-order valence-corrected chi connectivity index (χ2v) is 11.0. The number of aryl methyl sites for hydroxylation is 1. The number of rotatable bonds is 5. The molecule has 0 amide bonds. The Morgan fingerprint density at radius 2 is 1.68 bits per heavy atom. The van der Waals surface area contributed by atoms with Crippen molar-refractivity contribution in [3.8, 4) is 0 Å². The summed E-state index contributed by atoms with van der Waals surface area (Å²) in [6, 6.07) is 19.6. The molecule has 1 heterocycles. The lowest BCUT2D eigenvalue weighted by molar-refractivity contribution is 0.0172. The molecule has 0 aliphatic rings. The summed E-state index contributed by atoms with van der Waals surface area (Å²) >= 11 is 0. The second kappa shape index (κ2) is 10.0. The Kier molecular flexibility index (Phi) is 7.16. The third-order valence-corrected chi connectivity index (χ3v) is 7.93. The van der Waals surface area contributed by atoms with Crippen LogP contribution in [0.2, 0.25) is 0 Å². The zero-order valence-electron chi connectivity index (χ0n) is 21.8. The molecule has 3 nitrogen and oxygen atoms in total. The van der Waals surface area contributed by atoms with Crippen LogP contribution in [0.5, 0.6) is 0 Å². The Labute approximate surface area is 217 Å². The number of hydrogen-bond donors (Lipinski definition) is 2. The van der Waals surface area contributed by atoms with Crippen LogP contribution in [-0.2, 0) is 15.6 Å². The monoisotopic (exact) mass is 518 g/mol. The molecule has 0 bridgehead atoms. The van der Waals surface area contributed by atoms with Gasteiger partial charge in [0.25, 0.3) is 5.92 Å². The number of fused-ring (bicyclic) bond motifs is 5. The van der Waals surface area contributed by atoms with Gasteiger partial charge in [0, 0.05) is 44.4 Å². The average molecular weight is 519 g/mol. The van der Waals surface area contributed by atoms with E-state index in [-0.39, 0.29) is 10.5 Å². The van der Waals surface area contributed by atoms with E-state index in [0.29, 0.717) is 5.69 Å². The van der Waals surface area contributed by atoms with Gasteiger partial charge in [-0.3, -0.25) is 0 Å². The third-order valence-electron chi connectivity index (χ3n) is 6.37. The minimum absolute atomic E-state index is 0.198. The molecular formula is C31H32F2N2OS. The van der Waals surface area contributed by atoms with Gasteiger partial charge in [-0.1, -0.05) is 68.5 Å². The predicted molar refractivity (Wildman–Crippen MR) is 157 cm³/mol. The van der Waals surface area contributed by atoms with Gasteiger partial charge in [-0.2, -0.15) is 0 Å². The van der Waals surface area contributed by atoms with Crippen LogP contribution in [0.15, 0.2) is 77.7 Å². The maximum atomic E-state index is 13.9. The second-order valence-electron chi connectivity index (χ2n) is 8.93. The molecule has 1 unspecified atom stereocenters. The molecule has 192 valence electrons. The Morgan fingerprint density at radius 1 is 0.973 bits per heavy atom. The summed E-state index contributed by atoms with van der Waals surface area (Å²) in [6.45, 7) is 8.89. The number of halogens is 2. The molecule has 0 radical (unpaired) electrons. The number of aromatic nitrogens is 1. The van der Waals surface area contributed by atoms with Crippen molar-refractivity contribution >= 4 is 59.9 Å². The molecule has 6 heteroatoms. The lowest BCUT2D eigenvalue weighted by Crippen LogP contribution is -2.15. The van der Waals surface area contributed by atoms with Gasteiger partial charge in [0.15, 0.2) is 0 Å². The van der Waals surface area contributed by atoms with Crippen molar-refractivity contribution in [1.82, 2.24) is 4.98 Å². The van der Waals surface area contributed by atoms with Crippen LogP contribution in [0.1, 0.15) is 44.4 Å². The zero-order chi connectivity index (χ0) is 27.0. The highest BCUT2D eigenvalue weighted by molar-refractivity contribution is 8.01. The number of aromatic amines is 1. The number of allylic oxidation sites excluding steroid dienone is 1. The molecule has 0 fully saturated rings. The minimum atomic E-state index is -3.13. The van der Waals surface area contributed by atoms with Crippen molar-refractivity contribution in [2.24, 2.45) is 0 Å². The fourth-order valence-electron chi connectivity index (χ4n) is 4.64. The highest BCUT2D eigenvalue weighted by atomic mass is 32.2. The first-order chi connectivity index (χ1) is 17.6. The molecule has 2 N–H and O–H groups in total. The number of benzene rings is 4. The highest BCUT2D eigenvalue weighted by Gasteiger charge is 2.25. The molecule has 37 heavy (non-hydrogen) atoms. The average Bonchev–Trinajstić information content (AvgIpc) is 3.25. The van der Waals surface area contributed by atoms with E-state index < -0.39 is 15.6 Å². The number of alkyl halides is 2. The Balaban J connectivity index is 0.00000156. The van der Waals surface area contributed by atoms with E-state index in [1.165, 1.54) is 18.2 Å². The zero-order valence-corrected chi connectivity index (χ0v) is 22.6. The van der Waals surface area contributed by atoms with Crippen LogP contribution in [0.25, 0.3) is 38.7 Å². The van der Waals surface area contributed by atoms with Crippen LogP contribution in [0.3, 0.4) is 0 Å². The van der Waals surface area contributed by atoms with Crippen LogP contribution < -0.4 is 4.72 Å². The first kappa shape index (κ1) is 26.4. The molecule has 1 aromatic heterocycles. The highest BCUT2D eigenvalue weighted by Crippen LogP contribution is 2.39. The van der Waals surface area contributed by atoms with Gasteiger partial charge in [-0.05, 0) is 55.1 Å². The largest absolute Gasteiger partial charge is 0.354 e. The fraction of sp³-hybridized carbons (Fsp3) is 0.194. The van der Waals surface area contributed by atoms with Crippen LogP contribution >= 0.6 is 0 Å². The Hall–Kier alpha value is -3.64. The van der Waals surface area contributed by atoms with Gasteiger partial charge in [0.2, 0.25) is 0 Å². The quantitative estimate of drug-likeness (QED) is 0.224. The summed E-state index contributed by atoms with van der Waals surface area (Å²) in [4.78, 5) is 3.79. The first-order valence-electron chi connectivity index (χ1n) is 12.3. The predicted octanol–water partition coefficient (Wildman–Crippen LogP) is 9.06. The van der Waals surface area contributed by atoms with Crippen molar-refractivity contribution in [1.29, 1.82) is 0 Å². The SMILES string of the molecule is C=S(=O)(Nc1cc2c([nH]c3ccc(C)c(/C=C\C)c32)c2ccccc12)c1cccc(C(C)(F)F)c1.CC. The van der Waals surface area contributed by atoms with Gasteiger partial charge in [-0.25, -0.2) is 13.0 Å². The van der Waals surface area contributed by atoms with Crippen LogP contribution in [0.4, 0.5) is 14.5 Å². The molecule has 5 rings (SSSR count). The topological polar surface area (TPSA) is 44.9 Å². The molecule has 0 saturated carbocycles. The summed E-state index contributed by atoms with van der Waals surface area (Å²) in [7, 11) is -3.13. The lowest BCUT2D eigenvalue weighted by Gasteiger charge is -2.18. The van der Waals surface area contributed by atoms with E-state index in [4.69, 9.17) is 0 Å². The molecule has 0 aliphatic heterocycles. The van der Waals surface area contributed by atoms with E-state index >= 15 is 0 Å². The number of nitrogens with one attached hydrogen (secondary N) is 2. The van der Waals surface area contributed by atoms with Gasteiger partial charge in [0.05, 0.1) is 20.9 Å². The fourth-order valence-corrected chi connectivity index (χ4v) is 5.89. The Bertz CT molecular complexity index is 1740. The molecule has 0 spiro atoms. The molecule has 0 aliphatic carbocycles. The maximum Gasteiger partial charge on any atom is 0.270 e. The summed E-state index contributed by atoms with van der Waals surface area (Å²) in [5.74, 6) is 0.870. The normalized spacial score (nSPS) is 13.6. The standard InChI is InChI=1S/C29H26F2N2OS.C2H6/c1-5-9-21-18(2)14-15-25-27(21)24-17-26(22-12-6-7-13-23(22)28(24)32-25)33-35(4,34)20-11-8-10-19(16-20)29(3,30)31;1-2/h5-17,32H,4H2,1-3H3,(H,33,34);1-2H3/b9-5-;. The van der Waals surface area contributed by atoms with Crippen molar-refractivity contribution in [2.45, 2.75) is 45.4 Å². The summed E-state index contributed by atoms with van der Waals surface area (Å²) in [6.07, 6.45) is 4.11. The molecular weight excluding hydrogens is 486 g/mol. The molecule has 0 saturated heterocycles. The molecule has 5 aromatic rings. The number of H-pyrrole nitrogens is 1. The van der Waals surface area contributed by atoms with Crippen molar-refractivity contribution < 1.29 is 13.0 Å². The lowest BCUT2D eigenvalue weighted by atomic mass is 9.98. The third kappa shape index (κ3) is 4.86. The summed E-state index contributed by atoms with van der Waals surface area (Å²) in [5.41, 5.74) is 4.70. The van der Waals surface area contributed by atoms with Crippen LogP contribution in [-0.4, -0.2) is 15.1 Å². The van der Waals surface area contributed by atoms with E-state index in [0.717, 1.165) is 50.6 Å². The smallest absolute Gasteiger partial charge is 0.270 e. The van der Waals surface area contributed by atoms with E-state index in [1.807, 2.05) is 57.2 Å². The number of anilines is 1.